The van der Waals surface area contributed by atoms with Crippen LogP contribution in [0.1, 0.15) is 32.3 Å². The molecule has 0 saturated carbocycles. The highest BCUT2D eigenvalue weighted by Gasteiger charge is 2.36. The Hall–Kier alpha value is -1.86. The van der Waals surface area contributed by atoms with Gasteiger partial charge in [-0.25, -0.2) is 13.2 Å². The normalized spacial score (nSPS) is 19.7. The average molecular weight is 414 g/mol. The van der Waals surface area contributed by atoms with Crippen molar-refractivity contribution < 1.29 is 22.7 Å². The van der Waals surface area contributed by atoms with Crippen LogP contribution in [0.4, 0.5) is 0 Å². The largest absolute Gasteiger partial charge is 0.452 e. The first-order valence-corrected chi connectivity index (χ1v) is 11.0. The molecule has 2 rings (SSSR count). The van der Waals surface area contributed by atoms with Gasteiger partial charge in [-0.2, -0.15) is 0 Å². The maximum absolute atomic E-state index is 12.6. The number of halogens is 1. The van der Waals surface area contributed by atoms with Gasteiger partial charge < -0.3 is 9.64 Å². The third-order valence-electron chi connectivity index (χ3n) is 4.58. The molecular formula is C19H24ClNO5S. The number of ether oxygens (including phenoxy) is 1. The number of nitrogens with zero attached hydrogens (tertiary/aromatic N) is 1. The summed E-state index contributed by atoms with van der Waals surface area (Å²) in [7, 11) is -3.11. The van der Waals surface area contributed by atoms with E-state index in [2.05, 4.69) is 0 Å². The first-order chi connectivity index (χ1) is 12.7. The standard InChI is InChI=1S/C19H24ClNO5S/c1-3-14(2)21(17-10-11-27(24,25)13-17)18(22)12-26-19(23)9-6-15-4-7-16(20)8-5-15/h4-9,14,17H,3,10-13H2,1-2H3/b9-6+/t14-,17+/m0/s1. The van der Waals surface area contributed by atoms with Gasteiger partial charge in [0.2, 0.25) is 0 Å². The highest BCUT2D eigenvalue weighted by molar-refractivity contribution is 7.91. The molecule has 0 radical (unpaired) electrons. The molecule has 0 aliphatic carbocycles. The molecule has 8 heteroatoms. The van der Waals surface area contributed by atoms with E-state index in [9.17, 15) is 18.0 Å². The van der Waals surface area contributed by atoms with E-state index in [1.165, 1.54) is 6.08 Å². The Morgan fingerprint density at radius 2 is 2.00 bits per heavy atom. The molecule has 1 aromatic rings. The van der Waals surface area contributed by atoms with Crippen LogP contribution in [0.25, 0.3) is 6.08 Å². The zero-order chi connectivity index (χ0) is 20.0. The fraction of sp³-hybridized carbons (Fsp3) is 0.474. The summed E-state index contributed by atoms with van der Waals surface area (Å²) in [5.41, 5.74) is 0.778. The van der Waals surface area contributed by atoms with E-state index in [0.717, 1.165) is 5.56 Å². The summed E-state index contributed by atoms with van der Waals surface area (Å²) < 4.78 is 28.5. The molecule has 148 valence electrons. The summed E-state index contributed by atoms with van der Waals surface area (Å²) in [4.78, 5) is 26.0. The van der Waals surface area contributed by atoms with Crippen molar-refractivity contribution >= 4 is 39.4 Å². The van der Waals surface area contributed by atoms with Crippen molar-refractivity contribution in [3.05, 3.63) is 40.9 Å². The number of rotatable bonds is 7. The molecule has 1 aromatic carbocycles. The number of hydrogen-bond donors (Lipinski definition) is 0. The summed E-state index contributed by atoms with van der Waals surface area (Å²) in [6.07, 6.45) is 3.92. The molecule has 1 heterocycles. The van der Waals surface area contributed by atoms with Gasteiger partial charge in [0.05, 0.1) is 11.5 Å². The third kappa shape index (κ3) is 6.36. The van der Waals surface area contributed by atoms with Gasteiger partial charge in [0.1, 0.15) is 0 Å². The van der Waals surface area contributed by atoms with E-state index in [1.54, 1.807) is 35.2 Å². The molecule has 2 atom stereocenters. The lowest BCUT2D eigenvalue weighted by Gasteiger charge is -2.33. The van der Waals surface area contributed by atoms with Gasteiger partial charge in [0.15, 0.2) is 16.4 Å². The monoisotopic (exact) mass is 413 g/mol. The Morgan fingerprint density at radius 3 is 2.56 bits per heavy atom. The summed E-state index contributed by atoms with van der Waals surface area (Å²) in [6.45, 7) is 3.38. The molecule has 27 heavy (non-hydrogen) atoms. The highest BCUT2D eigenvalue weighted by Crippen LogP contribution is 2.21. The number of carbonyl (C=O) groups excluding carboxylic acids is 2. The van der Waals surface area contributed by atoms with Crippen molar-refractivity contribution in [1.29, 1.82) is 0 Å². The lowest BCUT2D eigenvalue weighted by Crippen LogP contribution is -2.48. The van der Waals surface area contributed by atoms with Gasteiger partial charge in [-0.15, -0.1) is 0 Å². The fourth-order valence-electron chi connectivity index (χ4n) is 2.99. The summed E-state index contributed by atoms with van der Waals surface area (Å²) in [5.74, 6) is -0.962. The number of amides is 1. The first-order valence-electron chi connectivity index (χ1n) is 8.84. The van der Waals surface area contributed by atoms with Crippen molar-refractivity contribution in [2.45, 2.75) is 38.8 Å². The van der Waals surface area contributed by atoms with Crippen molar-refractivity contribution in [3.8, 4) is 0 Å². The number of esters is 1. The maximum atomic E-state index is 12.6. The summed E-state index contributed by atoms with van der Waals surface area (Å²) in [6, 6.07) is 6.43. The molecule has 1 aliphatic rings. The minimum Gasteiger partial charge on any atom is -0.452 e. The maximum Gasteiger partial charge on any atom is 0.331 e. The van der Waals surface area contributed by atoms with Crippen LogP contribution < -0.4 is 0 Å². The third-order valence-corrected chi connectivity index (χ3v) is 6.58. The van der Waals surface area contributed by atoms with Crippen LogP contribution in [0.2, 0.25) is 5.02 Å². The van der Waals surface area contributed by atoms with Crippen LogP contribution in [0.5, 0.6) is 0 Å². The van der Waals surface area contributed by atoms with Crippen LogP contribution in [-0.4, -0.2) is 55.4 Å². The Labute approximate surface area is 165 Å². The topological polar surface area (TPSA) is 80.8 Å². The smallest absolute Gasteiger partial charge is 0.331 e. The molecule has 1 fully saturated rings. The fourth-order valence-corrected chi connectivity index (χ4v) is 4.83. The van der Waals surface area contributed by atoms with Gasteiger partial charge in [0.25, 0.3) is 5.91 Å². The van der Waals surface area contributed by atoms with E-state index in [0.29, 0.717) is 17.9 Å². The van der Waals surface area contributed by atoms with Gasteiger partial charge >= 0.3 is 5.97 Å². The first kappa shape index (κ1) is 21.4. The van der Waals surface area contributed by atoms with E-state index >= 15 is 0 Å². The van der Waals surface area contributed by atoms with Crippen molar-refractivity contribution in [2.24, 2.45) is 0 Å². The van der Waals surface area contributed by atoms with Crippen LogP contribution in [0.15, 0.2) is 30.3 Å². The predicted molar refractivity (Wildman–Crippen MR) is 105 cm³/mol. The molecule has 0 aromatic heterocycles. The molecular weight excluding hydrogens is 390 g/mol. The van der Waals surface area contributed by atoms with Crippen LogP contribution in [0, 0.1) is 0 Å². The van der Waals surface area contributed by atoms with E-state index in [4.69, 9.17) is 16.3 Å². The average Bonchev–Trinajstić information content (AvgIpc) is 2.98. The molecule has 6 nitrogen and oxygen atoms in total. The molecule has 1 saturated heterocycles. The van der Waals surface area contributed by atoms with E-state index in [1.807, 2.05) is 13.8 Å². The molecule has 1 aliphatic heterocycles. The highest BCUT2D eigenvalue weighted by atomic mass is 35.5. The predicted octanol–water partition coefficient (Wildman–Crippen LogP) is 2.71. The van der Waals surface area contributed by atoms with Crippen LogP contribution in [0.3, 0.4) is 0 Å². The van der Waals surface area contributed by atoms with Gasteiger partial charge in [-0.05, 0) is 43.5 Å². The minimum absolute atomic E-state index is 0.0342. The van der Waals surface area contributed by atoms with Crippen molar-refractivity contribution in [3.63, 3.8) is 0 Å². The van der Waals surface area contributed by atoms with Crippen LogP contribution >= 0.6 is 11.6 Å². The second-order valence-electron chi connectivity index (χ2n) is 6.61. The minimum atomic E-state index is -3.11. The zero-order valence-corrected chi connectivity index (χ0v) is 17.0. The number of benzene rings is 1. The zero-order valence-electron chi connectivity index (χ0n) is 15.4. The number of hydrogen-bond acceptors (Lipinski definition) is 5. The Balaban J connectivity index is 1.94. The quantitative estimate of drug-likeness (QED) is 0.507. The van der Waals surface area contributed by atoms with Crippen molar-refractivity contribution in [2.75, 3.05) is 18.1 Å². The van der Waals surface area contributed by atoms with E-state index < -0.39 is 22.4 Å². The van der Waals surface area contributed by atoms with Crippen LogP contribution in [-0.2, 0) is 24.2 Å². The number of sulfone groups is 1. The number of carbonyl (C=O) groups is 2. The second kappa shape index (κ2) is 9.37. The van der Waals surface area contributed by atoms with Crippen molar-refractivity contribution in [1.82, 2.24) is 4.90 Å². The molecule has 1 amide bonds. The Morgan fingerprint density at radius 1 is 1.33 bits per heavy atom. The van der Waals surface area contributed by atoms with Gasteiger partial charge in [-0.1, -0.05) is 30.7 Å². The van der Waals surface area contributed by atoms with Gasteiger partial charge in [-0.3, -0.25) is 4.79 Å². The van der Waals surface area contributed by atoms with E-state index in [-0.39, 0.29) is 29.5 Å². The van der Waals surface area contributed by atoms with Gasteiger partial charge in [0, 0.05) is 23.2 Å². The Bertz CT molecular complexity index is 804. The molecule has 0 spiro atoms. The molecule has 0 N–H and O–H groups in total. The lowest BCUT2D eigenvalue weighted by molar-refractivity contribution is -0.150. The Kier molecular flexibility index (Phi) is 7.44. The SMILES string of the molecule is CC[C@H](C)N(C(=O)COC(=O)/C=C/c1ccc(Cl)cc1)[C@@H]1CCS(=O)(=O)C1. The molecule has 0 bridgehead atoms. The molecule has 0 unspecified atom stereocenters. The summed E-state index contributed by atoms with van der Waals surface area (Å²) >= 11 is 5.80. The lowest BCUT2D eigenvalue weighted by atomic mass is 10.1. The summed E-state index contributed by atoms with van der Waals surface area (Å²) in [5, 5.41) is 0.597. The second-order valence-corrected chi connectivity index (χ2v) is 9.27.